The predicted octanol–water partition coefficient (Wildman–Crippen LogP) is 2.75. The van der Waals surface area contributed by atoms with Gasteiger partial charge >= 0.3 is 0 Å². The molecular formula is C25H28N6O2. The number of anilines is 2. The van der Waals surface area contributed by atoms with Gasteiger partial charge in [0.15, 0.2) is 0 Å². The van der Waals surface area contributed by atoms with Crippen LogP contribution < -0.4 is 10.2 Å². The van der Waals surface area contributed by atoms with Crippen LogP contribution in [0.5, 0.6) is 0 Å². The Morgan fingerprint density at radius 2 is 1.76 bits per heavy atom. The molecule has 2 amide bonds. The maximum Gasteiger partial charge on any atom is 0.257 e. The number of aromatic nitrogens is 2. The number of hydrogen-bond donors (Lipinski definition) is 1. The van der Waals surface area contributed by atoms with Gasteiger partial charge < -0.3 is 20.0 Å². The fraction of sp³-hybridized carbons (Fsp3) is 0.280. The lowest BCUT2D eigenvalue weighted by Gasteiger charge is -2.35. The minimum absolute atomic E-state index is 0.0404. The van der Waals surface area contributed by atoms with Crippen LogP contribution >= 0.6 is 0 Å². The molecule has 8 nitrogen and oxygen atoms in total. The van der Waals surface area contributed by atoms with Crippen molar-refractivity contribution in [3.8, 4) is 0 Å². The SMILES string of the molecule is CN(C)Cc1ccc(N2CCN(C(=O)c3cccc(NC(=O)c4cccnc4)c3)CC2)nc1. The largest absolute Gasteiger partial charge is 0.353 e. The van der Waals surface area contributed by atoms with Crippen molar-refractivity contribution in [2.75, 3.05) is 50.5 Å². The van der Waals surface area contributed by atoms with E-state index in [0.717, 1.165) is 25.5 Å². The average Bonchev–Trinajstić information content (AvgIpc) is 2.84. The molecule has 0 unspecified atom stereocenters. The molecule has 0 saturated carbocycles. The van der Waals surface area contributed by atoms with E-state index in [0.29, 0.717) is 29.9 Å². The molecule has 2 aromatic heterocycles. The third kappa shape index (κ3) is 5.72. The Bertz CT molecular complexity index is 1090. The number of nitrogens with zero attached hydrogens (tertiary/aromatic N) is 5. The lowest BCUT2D eigenvalue weighted by Crippen LogP contribution is -2.49. The molecule has 1 fully saturated rings. The first-order valence-corrected chi connectivity index (χ1v) is 10.9. The van der Waals surface area contributed by atoms with Gasteiger partial charge in [0.1, 0.15) is 5.82 Å². The molecule has 170 valence electrons. The minimum atomic E-state index is -0.259. The fourth-order valence-corrected chi connectivity index (χ4v) is 3.81. The first kappa shape index (κ1) is 22.4. The van der Waals surface area contributed by atoms with Crippen LogP contribution in [0.2, 0.25) is 0 Å². The molecule has 8 heteroatoms. The number of amides is 2. The lowest BCUT2D eigenvalue weighted by molar-refractivity contribution is 0.0746. The molecule has 3 aromatic rings. The van der Waals surface area contributed by atoms with E-state index in [1.807, 2.05) is 31.3 Å². The summed E-state index contributed by atoms with van der Waals surface area (Å²) in [7, 11) is 4.07. The second kappa shape index (κ2) is 10.2. The van der Waals surface area contributed by atoms with Gasteiger partial charge in [0.25, 0.3) is 11.8 Å². The van der Waals surface area contributed by atoms with Crippen LogP contribution in [-0.2, 0) is 6.54 Å². The second-order valence-electron chi connectivity index (χ2n) is 8.32. The lowest BCUT2D eigenvalue weighted by atomic mass is 10.1. The van der Waals surface area contributed by atoms with Gasteiger partial charge in [-0.15, -0.1) is 0 Å². The molecule has 1 aliphatic rings. The maximum absolute atomic E-state index is 13.1. The number of nitrogens with one attached hydrogen (secondary N) is 1. The zero-order valence-electron chi connectivity index (χ0n) is 18.9. The van der Waals surface area contributed by atoms with Crippen LogP contribution in [0.15, 0.2) is 67.1 Å². The molecule has 1 aliphatic heterocycles. The van der Waals surface area contributed by atoms with Gasteiger partial charge in [-0.3, -0.25) is 14.6 Å². The number of piperazine rings is 1. The van der Waals surface area contributed by atoms with Crippen molar-refractivity contribution in [1.82, 2.24) is 19.8 Å². The highest BCUT2D eigenvalue weighted by Gasteiger charge is 2.23. The Morgan fingerprint density at radius 3 is 2.42 bits per heavy atom. The van der Waals surface area contributed by atoms with Crippen molar-refractivity contribution >= 4 is 23.3 Å². The van der Waals surface area contributed by atoms with Crippen LogP contribution in [0.25, 0.3) is 0 Å². The van der Waals surface area contributed by atoms with Crippen LogP contribution in [0.4, 0.5) is 11.5 Å². The summed E-state index contributed by atoms with van der Waals surface area (Å²) in [5.74, 6) is 0.636. The highest BCUT2D eigenvalue weighted by Crippen LogP contribution is 2.18. The topological polar surface area (TPSA) is 81.7 Å². The first-order valence-electron chi connectivity index (χ1n) is 10.9. The molecule has 1 aromatic carbocycles. The molecule has 1 saturated heterocycles. The van der Waals surface area contributed by atoms with Gasteiger partial charge in [-0.05, 0) is 56.1 Å². The monoisotopic (exact) mass is 444 g/mol. The maximum atomic E-state index is 13.1. The Labute approximate surface area is 193 Å². The molecule has 1 N–H and O–H groups in total. The van der Waals surface area contributed by atoms with Crippen LogP contribution in [0.1, 0.15) is 26.3 Å². The van der Waals surface area contributed by atoms with E-state index in [4.69, 9.17) is 0 Å². The van der Waals surface area contributed by atoms with E-state index in [-0.39, 0.29) is 11.8 Å². The quantitative estimate of drug-likeness (QED) is 0.630. The molecule has 0 bridgehead atoms. The Balaban J connectivity index is 1.35. The highest BCUT2D eigenvalue weighted by atomic mass is 16.2. The smallest absolute Gasteiger partial charge is 0.257 e. The molecule has 4 rings (SSSR count). The van der Waals surface area contributed by atoms with E-state index in [9.17, 15) is 9.59 Å². The van der Waals surface area contributed by atoms with Crippen LogP contribution in [0, 0.1) is 0 Å². The van der Waals surface area contributed by atoms with Gasteiger partial charge in [0.2, 0.25) is 0 Å². The molecule has 0 radical (unpaired) electrons. The zero-order valence-corrected chi connectivity index (χ0v) is 18.9. The van der Waals surface area contributed by atoms with Crippen LogP contribution in [-0.4, -0.2) is 71.9 Å². The van der Waals surface area contributed by atoms with Crippen molar-refractivity contribution in [2.24, 2.45) is 0 Å². The zero-order chi connectivity index (χ0) is 23.2. The first-order chi connectivity index (χ1) is 16.0. The minimum Gasteiger partial charge on any atom is -0.353 e. The van der Waals surface area contributed by atoms with Crippen molar-refractivity contribution < 1.29 is 9.59 Å². The number of hydrogen-bond acceptors (Lipinski definition) is 6. The Kier molecular flexibility index (Phi) is 6.95. The van der Waals surface area contributed by atoms with Gasteiger partial charge in [-0.2, -0.15) is 0 Å². The molecule has 0 aliphatic carbocycles. The summed E-state index contributed by atoms with van der Waals surface area (Å²) in [4.78, 5) is 40.2. The van der Waals surface area contributed by atoms with E-state index in [1.165, 1.54) is 11.8 Å². The summed E-state index contributed by atoms with van der Waals surface area (Å²) in [6, 6.07) is 14.6. The molecular weight excluding hydrogens is 416 g/mol. The highest BCUT2D eigenvalue weighted by molar-refractivity contribution is 6.05. The summed E-state index contributed by atoms with van der Waals surface area (Å²) in [5.41, 5.74) is 2.77. The van der Waals surface area contributed by atoms with Crippen LogP contribution in [0.3, 0.4) is 0 Å². The summed E-state index contributed by atoms with van der Waals surface area (Å²) in [6.45, 7) is 3.54. The van der Waals surface area contributed by atoms with Gasteiger partial charge in [-0.25, -0.2) is 4.98 Å². The van der Waals surface area contributed by atoms with Crippen molar-refractivity contribution in [1.29, 1.82) is 0 Å². The fourth-order valence-electron chi connectivity index (χ4n) is 3.81. The summed E-state index contributed by atoms with van der Waals surface area (Å²) >= 11 is 0. The van der Waals surface area contributed by atoms with Gasteiger partial charge in [0.05, 0.1) is 5.56 Å². The Morgan fingerprint density at radius 1 is 0.970 bits per heavy atom. The van der Waals surface area contributed by atoms with Gasteiger partial charge in [0, 0.05) is 62.6 Å². The van der Waals surface area contributed by atoms with E-state index >= 15 is 0 Å². The summed E-state index contributed by atoms with van der Waals surface area (Å²) in [6.07, 6.45) is 5.04. The van der Waals surface area contributed by atoms with Crippen molar-refractivity contribution in [2.45, 2.75) is 6.54 Å². The molecule has 3 heterocycles. The second-order valence-corrected chi connectivity index (χ2v) is 8.32. The summed E-state index contributed by atoms with van der Waals surface area (Å²) < 4.78 is 0. The third-order valence-corrected chi connectivity index (χ3v) is 5.49. The standard InChI is InChI=1S/C25H28N6O2/c1-29(2)18-19-8-9-23(27-16-19)30-11-13-31(14-12-30)25(33)20-5-3-7-22(15-20)28-24(32)21-6-4-10-26-17-21/h3-10,15-17H,11-14,18H2,1-2H3,(H,28,32). The number of benzene rings is 1. The molecule has 0 atom stereocenters. The number of pyridine rings is 2. The average molecular weight is 445 g/mol. The van der Waals surface area contributed by atoms with E-state index in [1.54, 1.807) is 42.6 Å². The van der Waals surface area contributed by atoms with E-state index in [2.05, 4.69) is 31.2 Å². The number of rotatable bonds is 6. The third-order valence-electron chi connectivity index (χ3n) is 5.49. The summed E-state index contributed by atoms with van der Waals surface area (Å²) in [5, 5.41) is 2.83. The van der Waals surface area contributed by atoms with Crippen molar-refractivity contribution in [3.63, 3.8) is 0 Å². The molecule has 0 spiro atoms. The van der Waals surface area contributed by atoms with E-state index < -0.39 is 0 Å². The normalized spacial score (nSPS) is 13.8. The Hall–Kier alpha value is -3.78. The number of carbonyl (C=O) groups excluding carboxylic acids is 2. The van der Waals surface area contributed by atoms with Gasteiger partial charge in [-0.1, -0.05) is 12.1 Å². The molecule has 33 heavy (non-hydrogen) atoms. The predicted molar refractivity (Wildman–Crippen MR) is 128 cm³/mol. The number of carbonyl (C=O) groups is 2. The van der Waals surface area contributed by atoms with Crippen molar-refractivity contribution in [3.05, 3.63) is 83.8 Å².